The summed E-state index contributed by atoms with van der Waals surface area (Å²) in [7, 11) is -3.62. The van der Waals surface area contributed by atoms with Crippen molar-refractivity contribution in [3.63, 3.8) is 0 Å². The van der Waals surface area contributed by atoms with Gasteiger partial charge in [-0.1, -0.05) is 19.4 Å². The second-order valence-corrected chi connectivity index (χ2v) is 8.23. The maximum Gasteiger partial charge on any atom is 0.253 e. The van der Waals surface area contributed by atoms with Crippen LogP contribution in [0.15, 0.2) is 12.7 Å². The van der Waals surface area contributed by atoms with E-state index in [0.29, 0.717) is 25.7 Å². The number of unbranched alkanes of at least 4 members (excludes halogenated alkanes) is 1. The normalized spacial score (nSPS) is 30.6. The Morgan fingerprint density at radius 2 is 2.15 bits per heavy atom. The van der Waals surface area contributed by atoms with Crippen molar-refractivity contribution in [3.05, 3.63) is 12.7 Å². The van der Waals surface area contributed by atoms with E-state index >= 15 is 0 Å². The molecule has 0 radical (unpaired) electrons. The highest BCUT2D eigenvalue weighted by atomic mass is 32.2. The standard InChI is InChI=1S/C14H24N2O3S/c1-3-5-6-7-13(8-9-13)20(18,19)16-12(17)14(15)10-11(14)4-2/h3,11H,1,4-10,15H2,2H3,(H,16,17). The minimum atomic E-state index is -3.62. The summed E-state index contributed by atoms with van der Waals surface area (Å²) in [5.74, 6) is -0.423. The summed E-state index contributed by atoms with van der Waals surface area (Å²) in [4.78, 5) is 12.1. The Kier molecular flexibility index (Phi) is 3.99. The van der Waals surface area contributed by atoms with Crippen LogP contribution < -0.4 is 10.5 Å². The van der Waals surface area contributed by atoms with E-state index in [2.05, 4.69) is 11.3 Å². The molecule has 2 fully saturated rings. The molecule has 6 heteroatoms. The number of nitrogens with two attached hydrogens (primary N) is 1. The van der Waals surface area contributed by atoms with E-state index in [1.807, 2.05) is 6.92 Å². The molecule has 1 amide bonds. The Balaban J connectivity index is 1.98. The van der Waals surface area contributed by atoms with Crippen LogP contribution in [0.4, 0.5) is 0 Å². The Hall–Kier alpha value is -0.880. The lowest BCUT2D eigenvalue weighted by Crippen LogP contribution is -2.50. The van der Waals surface area contributed by atoms with Gasteiger partial charge in [0, 0.05) is 0 Å². The molecule has 2 saturated carbocycles. The number of carbonyl (C=O) groups is 1. The van der Waals surface area contributed by atoms with E-state index < -0.39 is 26.2 Å². The van der Waals surface area contributed by atoms with Crippen LogP contribution in [0.3, 0.4) is 0 Å². The number of allylic oxidation sites excluding steroid dienone is 1. The molecule has 2 aliphatic rings. The number of hydrogen-bond acceptors (Lipinski definition) is 4. The van der Waals surface area contributed by atoms with Crippen molar-refractivity contribution >= 4 is 15.9 Å². The lowest BCUT2D eigenvalue weighted by Gasteiger charge is -2.19. The molecule has 20 heavy (non-hydrogen) atoms. The predicted molar refractivity (Wildman–Crippen MR) is 78.4 cm³/mol. The minimum absolute atomic E-state index is 0.105. The summed E-state index contributed by atoms with van der Waals surface area (Å²) < 4.78 is 26.2. The number of rotatable bonds is 8. The molecule has 2 rings (SSSR count). The monoisotopic (exact) mass is 300 g/mol. The fourth-order valence-corrected chi connectivity index (χ4v) is 4.53. The molecule has 0 heterocycles. The van der Waals surface area contributed by atoms with Crippen molar-refractivity contribution in [3.8, 4) is 0 Å². The van der Waals surface area contributed by atoms with Crippen LogP contribution in [-0.4, -0.2) is 24.6 Å². The number of hydrogen-bond donors (Lipinski definition) is 2. The molecular formula is C14H24N2O3S. The van der Waals surface area contributed by atoms with Crippen LogP contribution >= 0.6 is 0 Å². The molecule has 0 saturated heterocycles. The van der Waals surface area contributed by atoms with Gasteiger partial charge in [-0.15, -0.1) is 6.58 Å². The molecule has 0 aromatic carbocycles. The Labute approximate surface area is 121 Å². The van der Waals surface area contributed by atoms with Gasteiger partial charge < -0.3 is 5.73 Å². The third kappa shape index (κ3) is 2.63. The number of nitrogens with one attached hydrogen (secondary N) is 1. The highest BCUT2D eigenvalue weighted by molar-refractivity contribution is 7.91. The second-order valence-electron chi connectivity index (χ2n) is 6.15. The maximum absolute atomic E-state index is 12.4. The van der Waals surface area contributed by atoms with Gasteiger partial charge in [0.15, 0.2) is 0 Å². The van der Waals surface area contributed by atoms with Crippen molar-refractivity contribution in [1.82, 2.24) is 4.72 Å². The Bertz CT molecular complexity index is 511. The first-order valence-corrected chi connectivity index (χ1v) is 8.76. The zero-order valence-corrected chi connectivity index (χ0v) is 12.8. The zero-order chi connectivity index (χ0) is 15.0. The van der Waals surface area contributed by atoms with Crippen LogP contribution in [-0.2, 0) is 14.8 Å². The van der Waals surface area contributed by atoms with Gasteiger partial charge in [0.2, 0.25) is 10.0 Å². The predicted octanol–water partition coefficient (Wildman–Crippen LogP) is 1.45. The molecule has 0 aromatic rings. The number of amides is 1. The van der Waals surface area contributed by atoms with Gasteiger partial charge in [0.1, 0.15) is 0 Å². The summed E-state index contributed by atoms with van der Waals surface area (Å²) in [6, 6.07) is 0. The van der Waals surface area contributed by atoms with Crippen molar-refractivity contribution in [2.75, 3.05) is 0 Å². The number of carbonyl (C=O) groups excluding carboxylic acids is 1. The summed E-state index contributed by atoms with van der Waals surface area (Å²) in [6.45, 7) is 5.59. The van der Waals surface area contributed by atoms with Crippen molar-refractivity contribution in [1.29, 1.82) is 0 Å². The van der Waals surface area contributed by atoms with Crippen LogP contribution in [0.2, 0.25) is 0 Å². The quantitative estimate of drug-likeness (QED) is 0.524. The summed E-state index contributed by atoms with van der Waals surface area (Å²) >= 11 is 0. The summed E-state index contributed by atoms with van der Waals surface area (Å²) in [5, 5.41) is 0. The average molecular weight is 300 g/mol. The first-order chi connectivity index (χ1) is 9.31. The molecule has 2 aliphatic carbocycles. The smallest absolute Gasteiger partial charge is 0.253 e. The van der Waals surface area contributed by atoms with Gasteiger partial charge in [-0.05, 0) is 44.4 Å². The van der Waals surface area contributed by atoms with E-state index in [9.17, 15) is 13.2 Å². The Morgan fingerprint density at radius 3 is 2.60 bits per heavy atom. The minimum Gasteiger partial charge on any atom is -0.317 e. The fourth-order valence-electron chi connectivity index (χ4n) is 2.82. The van der Waals surface area contributed by atoms with E-state index in [1.165, 1.54) is 0 Å². The van der Waals surface area contributed by atoms with E-state index in [1.54, 1.807) is 6.08 Å². The first kappa shape index (κ1) is 15.5. The molecule has 0 aliphatic heterocycles. The van der Waals surface area contributed by atoms with Gasteiger partial charge in [-0.3, -0.25) is 9.52 Å². The van der Waals surface area contributed by atoms with Gasteiger partial charge in [0.25, 0.3) is 5.91 Å². The first-order valence-electron chi connectivity index (χ1n) is 7.28. The summed E-state index contributed by atoms with van der Waals surface area (Å²) in [6.07, 6.45) is 6.57. The lowest BCUT2D eigenvalue weighted by molar-refractivity contribution is -0.121. The average Bonchev–Trinajstić information content (AvgIpc) is 3.26. The van der Waals surface area contributed by atoms with Crippen LogP contribution in [0.1, 0.15) is 51.9 Å². The molecule has 2 atom stereocenters. The SMILES string of the molecule is C=CCCCC1(S(=O)(=O)NC(=O)C2(N)CC2CC)CC1. The molecule has 3 N–H and O–H groups in total. The third-order valence-corrected chi connectivity index (χ3v) is 6.92. The highest BCUT2D eigenvalue weighted by Crippen LogP contribution is 2.48. The van der Waals surface area contributed by atoms with Gasteiger partial charge >= 0.3 is 0 Å². The molecule has 114 valence electrons. The van der Waals surface area contributed by atoms with Crippen LogP contribution in [0.25, 0.3) is 0 Å². The van der Waals surface area contributed by atoms with E-state index in [0.717, 1.165) is 19.3 Å². The third-order valence-electron chi connectivity index (χ3n) is 4.71. The van der Waals surface area contributed by atoms with Crippen molar-refractivity contribution in [2.24, 2.45) is 11.7 Å². The van der Waals surface area contributed by atoms with Crippen LogP contribution in [0, 0.1) is 5.92 Å². The molecule has 2 unspecified atom stereocenters. The second kappa shape index (κ2) is 5.15. The van der Waals surface area contributed by atoms with Crippen molar-refractivity contribution < 1.29 is 13.2 Å². The summed E-state index contributed by atoms with van der Waals surface area (Å²) in [5.41, 5.74) is 4.97. The molecular weight excluding hydrogens is 276 g/mol. The van der Waals surface area contributed by atoms with E-state index in [-0.39, 0.29) is 5.92 Å². The highest BCUT2D eigenvalue weighted by Gasteiger charge is 2.60. The molecule has 5 nitrogen and oxygen atoms in total. The zero-order valence-electron chi connectivity index (χ0n) is 12.0. The van der Waals surface area contributed by atoms with Crippen LogP contribution in [0.5, 0.6) is 0 Å². The maximum atomic E-state index is 12.4. The van der Waals surface area contributed by atoms with Gasteiger partial charge in [-0.2, -0.15) is 0 Å². The molecule has 0 bridgehead atoms. The molecule has 0 spiro atoms. The lowest BCUT2D eigenvalue weighted by atomic mass is 10.2. The fraction of sp³-hybridized carbons (Fsp3) is 0.786. The van der Waals surface area contributed by atoms with Crippen molar-refractivity contribution in [2.45, 2.75) is 62.2 Å². The van der Waals surface area contributed by atoms with E-state index in [4.69, 9.17) is 5.73 Å². The van der Waals surface area contributed by atoms with Gasteiger partial charge in [-0.25, -0.2) is 8.42 Å². The van der Waals surface area contributed by atoms with Gasteiger partial charge in [0.05, 0.1) is 10.3 Å². The largest absolute Gasteiger partial charge is 0.317 e. The topological polar surface area (TPSA) is 89.3 Å². The Morgan fingerprint density at radius 1 is 1.50 bits per heavy atom. The molecule has 0 aromatic heterocycles. The number of sulfonamides is 1.